The first-order valence-electron chi connectivity index (χ1n) is 8.31. The standard InChI is InChI=1S/C18H25N5O2/c1-13(2)17(19)18(25)21-11-16(24)20-10-14-6-3-4-7-15(14)12-23-9-5-8-22-23/h3-9,13,17H,10-12,19H2,1-2H3,(H,20,24)(H,21,25)/t17-/m0/s1. The lowest BCUT2D eigenvalue weighted by Crippen LogP contribution is -2.47. The van der Waals surface area contributed by atoms with Gasteiger partial charge in [-0.3, -0.25) is 14.3 Å². The van der Waals surface area contributed by atoms with E-state index < -0.39 is 6.04 Å². The van der Waals surface area contributed by atoms with Crippen LogP contribution in [0.4, 0.5) is 0 Å². The number of carbonyl (C=O) groups excluding carboxylic acids is 2. The van der Waals surface area contributed by atoms with Crippen molar-refractivity contribution in [2.75, 3.05) is 6.54 Å². The van der Waals surface area contributed by atoms with Crippen LogP contribution in [0.15, 0.2) is 42.7 Å². The summed E-state index contributed by atoms with van der Waals surface area (Å²) in [4.78, 5) is 23.7. The second kappa shape index (κ2) is 8.98. The van der Waals surface area contributed by atoms with Crippen LogP contribution in [0.1, 0.15) is 25.0 Å². The Labute approximate surface area is 147 Å². The molecule has 25 heavy (non-hydrogen) atoms. The summed E-state index contributed by atoms with van der Waals surface area (Å²) in [6, 6.07) is 9.12. The molecule has 1 aromatic heterocycles. The molecule has 1 atom stereocenters. The van der Waals surface area contributed by atoms with E-state index in [1.54, 1.807) is 6.20 Å². The number of nitrogens with two attached hydrogens (primary N) is 1. The van der Waals surface area contributed by atoms with Crippen molar-refractivity contribution in [3.8, 4) is 0 Å². The number of benzene rings is 1. The van der Waals surface area contributed by atoms with E-state index in [4.69, 9.17) is 5.73 Å². The average molecular weight is 343 g/mol. The maximum absolute atomic E-state index is 12.0. The molecule has 0 aliphatic carbocycles. The van der Waals surface area contributed by atoms with Crippen molar-refractivity contribution in [3.63, 3.8) is 0 Å². The molecular weight excluding hydrogens is 318 g/mol. The molecule has 2 rings (SSSR count). The zero-order chi connectivity index (χ0) is 18.2. The minimum atomic E-state index is -0.609. The van der Waals surface area contributed by atoms with Crippen molar-refractivity contribution in [2.24, 2.45) is 11.7 Å². The van der Waals surface area contributed by atoms with Gasteiger partial charge in [-0.15, -0.1) is 0 Å². The first-order chi connectivity index (χ1) is 12.0. The van der Waals surface area contributed by atoms with Crippen LogP contribution in [0.3, 0.4) is 0 Å². The molecule has 0 aliphatic heterocycles. The van der Waals surface area contributed by atoms with Crippen LogP contribution in [0.5, 0.6) is 0 Å². The third kappa shape index (κ3) is 5.72. The molecule has 2 aromatic rings. The second-order valence-corrected chi connectivity index (χ2v) is 6.24. The van der Waals surface area contributed by atoms with E-state index in [2.05, 4.69) is 15.7 Å². The Kier molecular flexibility index (Phi) is 6.71. The van der Waals surface area contributed by atoms with E-state index in [0.717, 1.165) is 11.1 Å². The van der Waals surface area contributed by atoms with Crippen LogP contribution >= 0.6 is 0 Å². The SMILES string of the molecule is CC(C)[C@H](N)C(=O)NCC(=O)NCc1ccccc1Cn1cccn1. The van der Waals surface area contributed by atoms with E-state index in [1.807, 2.05) is 55.1 Å². The molecule has 1 aromatic carbocycles. The molecule has 7 heteroatoms. The molecule has 2 amide bonds. The van der Waals surface area contributed by atoms with Crippen LogP contribution in [-0.4, -0.2) is 34.2 Å². The van der Waals surface area contributed by atoms with Crippen LogP contribution in [-0.2, 0) is 22.7 Å². The molecule has 0 radical (unpaired) electrons. The van der Waals surface area contributed by atoms with Gasteiger partial charge in [0, 0.05) is 18.9 Å². The molecule has 0 bridgehead atoms. The smallest absolute Gasteiger partial charge is 0.239 e. The Morgan fingerprint density at radius 1 is 1.16 bits per heavy atom. The number of carbonyl (C=O) groups is 2. The Balaban J connectivity index is 1.85. The van der Waals surface area contributed by atoms with Crippen molar-refractivity contribution >= 4 is 11.8 Å². The van der Waals surface area contributed by atoms with Gasteiger partial charge in [0.05, 0.1) is 19.1 Å². The third-order valence-electron chi connectivity index (χ3n) is 3.93. The summed E-state index contributed by atoms with van der Waals surface area (Å²) in [7, 11) is 0. The fourth-order valence-electron chi connectivity index (χ4n) is 2.30. The summed E-state index contributed by atoms with van der Waals surface area (Å²) in [5.74, 6) is -0.542. The zero-order valence-corrected chi connectivity index (χ0v) is 14.6. The van der Waals surface area contributed by atoms with Gasteiger partial charge < -0.3 is 16.4 Å². The topological polar surface area (TPSA) is 102 Å². The van der Waals surface area contributed by atoms with Crippen LogP contribution in [0, 0.1) is 5.92 Å². The Bertz CT molecular complexity index is 697. The molecule has 0 spiro atoms. The molecule has 0 saturated carbocycles. The van der Waals surface area contributed by atoms with Crippen LogP contribution in [0.2, 0.25) is 0 Å². The fourth-order valence-corrected chi connectivity index (χ4v) is 2.30. The highest BCUT2D eigenvalue weighted by Gasteiger charge is 2.17. The molecule has 4 N–H and O–H groups in total. The summed E-state index contributed by atoms with van der Waals surface area (Å²) in [5, 5.41) is 9.58. The minimum Gasteiger partial charge on any atom is -0.350 e. The van der Waals surface area contributed by atoms with Crippen molar-refractivity contribution < 1.29 is 9.59 Å². The number of nitrogens with zero attached hydrogens (tertiary/aromatic N) is 2. The number of rotatable bonds is 8. The summed E-state index contributed by atoms with van der Waals surface area (Å²) >= 11 is 0. The van der Waals surface area contributed by atoms with Gasteiger partial charge in [-0.05, 0) is 23.1 Å². The van der Waals surface area contributed by atoms with E-state index in [9.17, 15) is 9.59 Å². The Hall–Kier alpha value is -2.67. The van der Waals surface area contributed by atoms with Gasteiger partial charge in [0.2, 0.25) is 11.8 Å². The summed E-state index contributed by atoms with van der Waals surface area (Å²) in [6.07, 6.45) is 3.62. The number of hydrogen-bond acceptors (Lipinski definition) is 4. The lowest BCUT2D eigenvalue weighted by molar-refractivity contribution is -0.127. The van der Waals surface area contributed by atoms with Gasteiger partial charge in [0.1, 0.15) is 0 Å². The molecular formula is C18H25N5O2. The normalized spacial score (nSPS) is 12.0. The van der Waals surface area contributed by atoms with Crippen LogP contribution in [0.25, 0.3) is 0 Å². The lowest BCUT2D eigenvalue weighted by Gasteiger charge is -2.15. The average Bonchev–Trinajstić information content (AvgIpc) is 3.11. The zero-order valence-electron chi connectivity index (χ0n) is 14.6. The molecule has 0 unspecified atom stereocenters. The lowest BCUT2D eigenvalue weighted by atomic mass is 10.1. The largest absolute Gasteiger partial charge is 0.350 e. The first kappa shape index (κ1) is 18.7. The van der Waals surface area contributed by atoms with E-state index in [-0.39, 0.29) is 24.3 Å². The highest BCUT2D eigenvalue weighted by molar-refractivity contribution is 5.87. The van der Waals surface area contributed by atoms with Gasteiger partial charge in [-0.1, -0.05) is 38.1 Å². The van der Waals surface area contributed by atoms with Crippen molar-refractivity contribution in [1.29, 1.82) is 0 Å². The van der Waals surface area contributed by atoms with E-state index in [0.29, 0.717) is 13.1 Å². The predicted molar refractivity (Wildman–Crippen MR) is 95.4 cm³/mol. The van der Waals surface area contributed by atoms with Crippen molar-refractivity contribution in [1.82, 2.24) is 20.4 Å². The number of hydrogen-bond donors (Lipinski definition) is 3. The molecule has 0 saturated heterocycles. The number of aromatic nitrogens is 2. The molecule has 134 valence electrons. The van der Waals surface area contributed by atoms with Crippen molar-refractivity contribution in [3.05, 3.63) is 53.9 Å². The fraction of sp³-hybridized carbons (Fsp3) is 0.389. The number of nitrogens with one attached hydrogen (secondary N) is 2. The van der Waals surface area contributed by atoms with Gasteiger partial charge >= 0.3 is 0 Å². The molecule has 7 nitrogen and oxygen atoms in total. The summed E-state index contributed by atoms with van der Waals surface area (Å²) in [5.41, 5.74) is 7.84. The van der Waals surface area contributed by atoms with Gasteiger partial charge in [-0.25, -0.2) is 0 Å². The Morgan fingerprint density at radius 3 is 2.52 bits per heavy atom. The van der Waals surface area contributed by atoms with E-state index >= 15 is 0 Å². The third-order valence-corrected chi connectivity index (χ3v) is 3.93. The monoisotopic (exact) mass is 343 g/mol. The van der Waals surface area contributed by atoms with Crippen molar-refractivity contribution in [2.45, 2.75) is 33.0 Å². The van der Waals surface area contributed by atoms with Gasteiger partial charge in [0.15, 0.2) is 0 Å². The molecule has 0 aliphatic rings. The van der Waals surface area contributed by atoms with Gasteiger partial charge in [-0.2, -0.15) is 5.10 Å². The van der Waals surface area contributed by atoms with Crippen LogP contribution < -0.4 is 16.4 Å². The minimum absolute atomic E-state index is 0.0252. The van der Waals surface area contributed by atoms with E-state index in [1.165, 1.54) is 0 Å². The summed E-state index contributed by atoms with van der Waals surface area (Å²) in [6.45, 7) is 4.67. The summed E-state index contributed by atoms with van der Waals surface area (Å²) < 4.78 is 1.83. The number of amides is 2. The second-order valence-electron chi connectivity index (χ2n) is 6.24. The first-order valence-corrected chi connectivity index (χ1v) is 8.31. The maximum atomic E-state index is 12.0. The highest BCUT2D eigenvalue weighted by atomic mass is 16.2. The highest BCUT2D eigenvalue weighted by Crippen LogP contribution is 2.10. The van der Waals surface area contributed by atoms with Gasteiger partial charge in [0.25, 0.3) is 0 Å². The Morgan fingerprint density at radius 2 is 1.88 bits per heavy atom. The predicted octanol–water partition coefficient (Wildman–Crippen LogP) is 0.647. The molecule has 1 heterocycles. The maximum Gasteiger partial charge on any atom is 0.239 e. The molecule has 0 fully saturated rings. The quantitative estimate of drug-likeness (QED) is 0.655.